The molecule has 6 nitrogen and oxygen atoms in total. The second-order valence-corrected chi connectivity index (χ2v) is 3.08. The van der Waals surface area contributed by atoms with Crippen molar-refractivity contribution < 1.29 is 19.0 Å². The van der Waals surface area contributed by atoms with Crippen LogP contribution in [-0.4, -0.2) is 34.6 Å². The highest BCUT2D eigenvalue weighted by Crippen LogP contribution is 2.36. The van der Waals surface area contributed by atoms with Crippen molar-refractivity contribution in [2.45, 2.75) is 0 Å². The van der Waals surface area contributed by atoms with Gasteiger partial charge in [-0.1, -0.05) is 0 Å². The molecule has 0 atom stereocenters. The van der Waals surface area contributed by atoms with Gasteiger partial charge in [0, 0.05) is 13.1 Å². The summed E-state index contributed by atoms with van der Waals surface area (Å²) in [6.07, 6.45) is 0. The average molecular weight is 168 g/mol. The fourth-order valence-electron chi connectivity index (χ4n) is 0.707. The van der Waals surface area contributed by atoms with Crippen molar-refractivity contribution in [3.63, 3.8) is 0 Å². The van der Waals surface area contributed by atoms with Crippen molar-refractivity contribution in [2.24, 2.45) is 0 Å². The fourth-order valence-corrected chi connectivity index (χ4v) is 1.15. The molecule has 60 valence electrons. The molecule has 0 radical (unpaired) electrons. The zero-order chi connectivity index (χ0) is 7.61. The van der Waals surface area contributed by atoms with Crippen LogP contribution < -0.4 is 5.32 Å². The van der Waals surface area contributed by atoms with Crippen LogP contribution in [-0.2, 0) is 9.19 Å². The minimum Gasteiger partial charge on any atom is -0.302 e. The molecule has 0 aliphatic carbocycles. The number of hydrogen-bond acceptors (Lipinski definition) is 4. The summed E-state index contributed by atoms with van der Waals surface area (Å²) in [7, 11) is -4.33. The van der Waals surface area contributed by atoms with Gasteiger partial charge in [-0.2, -0.15) is 9.69 Å². The second kappa shape index (κ2) is 2.96. The average Bonchev–Trinajstić information content (AvgIpc) is 2.12. The monoisotopic (exact) mass is 168 g/mol. The molecule has 0 bridgehead atoms. The van der Waals surface area contributed by atoms with E-state index in [1.165, 1.54) is 5.06 Å². The summed E-state index contributed by atoms with van der Waals surface area (Å²) in [6.45, 7) is 1.57. The molecule has 0 aromatic rings. The van der Waals surface area contributed by atoms with Crippen LogP contribution in [0.1, 0.15) is 0 Å². The van der Waals surface area contributed by atoms with Crippen LogP contribution in [0.25, 0.3) is 0 Å². The first kappa shape index (κ1) is 8.13. The van der Waals surface area contributed by atoms with Gasteiger partial charge in [0.2, 0.25) is 0 Å². The normalized spacial score (nSPS) is 21.8. The number of hydrogen-bond donors (Lipinski definition) is 3. The third-order valence-electron chi connectivity index (χ3n) is 1.05. The van der Waals surface area contributed by atoms with E-state index >= 15 is 0 Å². The van der Waals surface area contributed by atoms with Gasteiger partial charge >= 0.3 is 7.82 Å². The number of nitrogens with one attached hydrogen (secondary N) is 1. The van der Waals surface area contributed by atoms with Crippen molar-refractivity contribution in [1.82, 2.24) is 10.4 Å². The highest BCUT2D eigenvalue weighted by Gasteiger charge is 2.22. The maximum absolute atomic E-state index is 10.2. The lowest BCUT2D eigenvalue weighted by molar-refractivity contribution is -0.0612. The molecule has 7 heteroatoms. The van der Waals surface area contributed by atoms with Gasteiger partial charge in [0.25, 0.3) is 0 Å². The Balaban J connectivity index is 2.31. The van der Waals surface area contributed by atoms with E-state index < -0.39 is 7.82 Å². The smallest absolute Gasteiger partial charge is 0.302 e. The molecular weight excluding hydrogens is 159 g/mol. The molecule has 0 aromatic carbocycles. The molecule has 0 aromatic heterocycles. The predicted octanol–water partition coefficient (Wildman–Crippen LogP) is -1.13. The Morgan fingerprint density at radius 1 is 1.60 bits per heavy atom. The summed E-state index contributed by atoms with van der Waals surface area (Å²) in [4.78, 5) is 16.6. The second-order valence-electron chi connectivity index (χ2n) is 1.94. The lowest BCUT2D eigenvalue weighted by Crippen LogP contribution is -2.20. The van der Waals surface area contributed by atoms with Crippen molar-refractivity contribution in [1.29, 1.82) is 0 Å². The van der Waals surface area contributed by atoms with Crippen molar-refractivity contribution >= 4 is 7.82 Å². The standard InChI is InChI=1S/C3H9N2O4P/c6-10(7,8)9-5-2-1-4-3-5/h4H,1-3H2,(H2,6,7,8). The molecule has 0 unspecified atom stereocenters. The predicted molar refractivity (Wildman–Crippen MR) is 32.7 cm³/mol. The summed E-state index contributed by atoms with van der Waals surface area (Å²) in [5, 5.41) is 4.05. The molecule has 1 rings (SSSR count). The SMILES string of the molecule is O=P(O)(O)ON1CCNC1. The Hall–Kier alpha value is 0.0300. The van der Waals surface area contributed by atoms with Gasteiger partial charge in [0.05, 0.1) is 6.67 Å². The Labute approximate surface area is 58.0 Å². The summed E-state index contributed by atoms with van der Waals surface area (Å²) in [5.41, 5.74) is 0. The molecule has 10 heavy (non-hydrogen) atoms. The molecule has 0 amide bonds. The molecule has 1 aliphatic heterocycles. The molecular formula is C3H9N2O4P. The zero-order valence-corrected chi connectivity index (χ0v) is 6.12. The van der Waals surface area contributed by atoms with E-state index in [-0.39, 0.29) is 0 Å². The fraction of sp³-hybridized carbons (Fsp3) is 1.00. The number of phosphoric acid groups is 1. The molecule has 1 heterocycles. The number of nitrogens with zero attached hydrogens (tertiary/aromatic N) is 1. The van der Waals surface area contributed by atoms with E-state index in [9.17, 15) is 4.57 Å². The summed E-state index contributed by atoms with van der Waals surface area (Å²) in [5.74, 6) is 0. The van der Waals surface area contributed by atoms with Gasteiger partial charge in [-0.3, -0.25) is 0 Å². The van der Waals surface area contributed by atoms with Crippen molar-refractivity contribution in [3.05, 3.63) is 0 Å². The number of rotatable bonds is 2. The number of hydroxylamine groups is 2. The van der Waals surface area contributed by atoms with Gasteiger partial charge in [-0.15, -0.1) is 0 Å². The van der Waals surface area contributed by atoms with Crippen LogP contribution in [0.15, 0.2) is 0 Å². The van der Waals surface area contributed by atoms with E-state index in [1.54, 1.807) is 0 Å². The van der Waals surface area contributed by atoms with Crippen molar-refractivity contribution in [3.8, 4) is 0 Å². The minimum atomic E-state index is -4.33. The lowest BCUT2D eigenvalue weighted by atomic mass is 10.7. The first-order valence-corrected chi connectivity index (χ1v) is 4.32. The Morgan fingerprint density at radius 3 is 2.70 bits per heavy atom. The zero-order valence-electron chi connectivity index (χ0n) is 5.23. The Morgan fingerprint density at radius 2 is 2.30 bits per heavy atom. The maximum Gasteiger partial charge on any atom is 0.486 e. The molecule has 3 N–H and O–H groups in total. The van der Waals surface area contributed by atoms with Gasteiger partial charge in [0.15, 0.2) is 0 Å². The van der Waals surface area contributed by atoms with Gasteiger partial charge in [-0.25, -0.2) is 4.57 Å². The van der Waals surface area contributed by atoms with Gasteiger partial charge < -0.3 is 15.1 Å². The first-order chi connectivity index (χ1) is 4.58. The quantitative estimate of drug-likeness (QED) is 0.453. The van der Waals surface area contributed by atoms with E-state index in [0.29, 0.717) is 19.8 Å². The third-order valence-corrected chi connectivity index (χ3v) is 1.49. The third kappa shape index (κ3) is 2.74. The largest absolute Gasteiger partial charge is 0.486 e. The Bertz CT molecular complexity index is 151. The summed E-state index contributed by atoms with van der Waals surface area (Å²) in [6, 6.07) is 0. The minimum absolute atomic E-state index is 0.366. The van der Waals surface area contributed by atoms with Crippen LogP contribution in [0.2, 0.25) is 0 Å². The molecule has 1 saturated heterocycles. The van der Waals surface area contributed by atoms with Crippen molar-refractivity contribution in [2.75, 3.05) is 19.8 Å². The van der Waals surface area contributed by atoms with Crippen LogP contribution in [0, 0.1) is 0 Å². The van der Waals surface area contributed by atoms with E-state index in [0.717, 1.165) is 0 Å². The summed E-state index contributed by atoms with van der Waals surface area (Å²) < 4.78 is 14.4. The Kier molecular flexibility index (Phi) is 2.40. The van der Waals surface area contributed by atoms with E-state index in [2.05, 4.69) is 9.94 Å². The summed E-state index contributed by atoms with van der Waals surface area (Å²) >= 11 is 0. The van der Waals surface area contributed by atoms with Gasteiger partial charge in [-0.05, 0) is 0 Å². The highest BCUT2D eigenvalue weighted by molar-refractivity contribution is 7.46. The lowest BCUT2D eigenvalue weighted by Gasteiger charge is -2.13. The highest BCUT2D eigenvalue weighted by atomic mass is 31.2. The maximum atomic E-state index is 10.2. The van der Waals surface area contributed by atoms with Gasteiger partial charge in [0.1, 0.15) is 0 Å². The molecule has 1 fully saturated rings. The molecule has 0 spiro atoms. The van der Waals surface area contributed by atoms with Crippen LogP contribution >= 0.6 is 7.82 Å². The van der Waals surface area contributed by atoms with Crippen LogP contribution in [0.3, 0.4) is 0 Å². The first-order valence-electron chi connectivity index (χ1n) is 2.79. The topological polar surface area (TPSA) is 82.0 Å². The van der Waals surface area contributed by atoms with Crippen LogP contribution in [0.5, 0.6) is 0 Å². The van der Waals surface area contributed by atoms with E-state index in [4.69, 9.17) is 9.79 Å². The van der Waals surface area contributed by atoms with Crippen LogP contribution in [0.4, 0.5) is 0 Å². The van der Waals surface area contributed by atoms with E-state index in [1.807, 2.05) is 0 Å². The molecule has 0 saturated carbocycles. The molecule has 1 aliphatic rings.